The summed E-state index contributed by atoms with van der Waals surface area (Å²) in [5.74, 6) is 0.465. The molecule has 1 amide bonds. The second-order valence-electron chi connectivity index (χ2n) is 7.77. The van der Waals surface area contributed by atoms with Gasteiger partial charge in [-0.25, -0.2) is 0 Å². The van der Waals surface area contributed by atoms with Crippen molar-refractivity contribution in [1.82, 2.24) is 9.80 Å². The van der Waals surface area contributed by atoms with Crippen LogP contribution in [0.5, 0.6) is 0 Å². The Bertz CT molecular complexity index is 718. The Morgan fingerprint density at radius 3 is 2.11 bits per heavy atom. The minimum Gasteiger partial charge on any atom is -0.340 e. The maximum absolute atomic E-state index is 12.6. The number of piperazine rings is 1. The summed E-state index contributed by atoms with van der Waals surface area (Å²) in [6, 6.07) is 19.8. The molecule has 3 heteroatoms. The van der Waals surface area contributed by atoms with Crippen molar-refractivity contribution in [3.05, 3.63) is 71.3 Å². The molecule has 3 rings (SSSR count). The summed E-state index contributed by atoms with van der Waals surface area (Å²) in [5.41, 5.74) is 3.93. The van der Waals surface area contributed by atoms with Crippen LogP contribution < -0.4 is 0 Å². The molecule has 1 heterocycles. The number of rotatable bonds is 6. The van der Waals surface area contributed by atoms with Crippen LogP contribution in [0.15, 0.2) is 54.6 Å². The Labute approximate surface area is 164 Å². The first-order valence-corrected chi connectivity index (χ1v) is 10.2. The highest BCUT2D eigenvalue weighted by Gasteiger charge is 2.29. The van der Waals surface area contributed by atoms with Crippen molar-refractivity contribution >= 4 is 5.91 Å². The lowest BCUT2D eigenvalue weighted by atomic mass is 9.95. The Kier molecular flexibility index (Phi) is 6.68. The molecule has 0 saturated carbocycles. The summed E-state index contributed by atoms with van der Waals surface area (Å²) in [6.07, 6.45) is 2.05. The van der Waals surface area contributed by atoms with Gasteiger partial charge in [-0.15, -0.1) is 0 Å². The van der Waals surface area contributed by atoms with Gasteiger partial charge in [-0.2, -0.15) is 0 Å². The third-order valence-electron chi connectivity index (χ3n) is 5.64. The van der Waals surface area contributed by atoms with Gasteiger partial charge in [0, 0.05) is 32.1 Å². The van der Waals surface area contributed by atoms with E-state index in [1.807, 2.05) is 0 Å². The van der Waals surface area contributed by atoms with E-state index >= 15 is 0 Å². The highest BCUT2D eigenvalue weighted by molar-refractivity contribution is 5.78. The second-order valence-corrected chi connectivity index (χ2v) is 7.77. The molecule has 0 spiro atoms. The van der Waals surface area contributed by atoms with Crippen LogP contribution in [-0.2, 0) is 4.79 Å². The van der Waals surface area contributed by atoms with Crippen molar-refractivity contribution in [1.29, 1.82) is 0 Å². The Morgan fingerprint density at radius 1 is 0.926 bits per heavy atom. The second kappa shape index (κ2) is 9.18. The first-order chi connectivity index (χ1) is 13.1. The maximum atomic E-state index is 12.6. The third kappa shape index (κ3) is 4.78. The lowest BCUT2D eigenvalue weighted by molar-refractivity contribution is -0.137. The molecule has 0 unspecified atom stereocenters. The van der Waals surface area contributed by atoms with Crippen LogP contribution in [0.4, 0.5) is 0 Å². The average molecular weight is 365 g/mol. The normalized spacial score (nSPS) is 17.5. The van der Waals surface area contributed by atoms with Crippen molar-refractivity contribution < 1.29 is 4.79 Å². The van der Waals surface area contributed by atoms with Gasteiger partial charge in [0.15, 0.2) is 0 Å². The first-order valence-electron chi connectivity index (χ1n) is 10.2. The molecule has 2 aromatic rings. The summed E-state index contributed by atoms with van der Waals surface area (Å²) in [6.45, 7) is 9.81. The van der Waals surface area contributed by atoms with Gasteiger partial charge in [0.25, 0.3) is 0 Å². The lowest BCUT2D eigenvalue weighted by Gasteiger charge is -2.40. The van der Waals surface area contributed by atoms with Crippen LogP contribution in [-0.4, -0.2) is 41.9 Å². The fourth-order valence-corrected chi connectivity index (χ4v) is 4.07. The third-order valence-corrected chi connectivity index (χ3v) is 5.64. The lowest BCUT2D eigenvalue weighted by Crippen LogP contribution is -2.51. The molecule has 0 aliphatic carbocycles. The summed E-state index contributed by atoms with van der Waals surface area (Å²) in [4.78, 5) is 17.2. The number of amides is 1. The summed E-state index contributed by atoms with van der Waals surface area (Å²) in [5, 5.41) is 0. The van der Waals surface area contributed by atoms with Crippen molar-refractivity contribution in [3.8, 4) is 0 Å². The van der Waals surface area contributed by atoms with Gasteiger partial charge in [0.05, 0.1) is 6.04 Å². The van der Waals surface area contributed by atoms with Crippen LogP contribution in [0, 0.1) is 12.8 Å². The monoisotopic (exact) mass is 364 g/mol. The standard InChI is InChI=1S/C24H32N2O/c1-4-8-20(3)24(27)26-17-15-25(16-18-26)23(21-9-6-5-7-10-21)22-13-11-19(2)12-14-22/h5-7,9-14,20,23H,4,8,15-18H2,1-3H3/t20-,23-/m0/s1. The van der Waals surface area contributed by atoms with E-state index in [-0.39, 0.29) is 12.0 Å². The maximum Gasteiger partial charge on any atom is 0.225 e. The quantitative estimate of drug-likeness (QED) is 0.744. The predicted octanol–water partition coefficient (Wildman–Crippen LogP) is 4.66. The van der Waals surface area contributed by atoms with E-state index in [9.17, 15) is 4.79 Å². The number of nitrogens with zero attached hydrogens (tertiary/aromatic N) is 2. The Hall–Kier alpha value is -2.13. The van der Waals surface area contributed by atoms with Gasteiger partial charge in [0.1, 0.15) is 0 Å². The molecular formula is C24H32N2O. The molecule has 0 radical (unpaired) electrons. The average Bonchev–Trinajstić information content (AvgIpc) is 2.71. The minimum atomic E-state index is 0.142. The SMILES string of the molecule is CCC[C@H](C)C(=O)N1CCN([C@@H](c2ccccc2)c2ccc(C)cc2)CC1. The predicted molar refractivity (Wildman–Crippen MR) is 112 cm³/mol. The molecule has 2 atom stereocenters. The van der Waals surface area contributed by atoms with Crippen molar-refractivity contribution in [2.75, 3.05) is 26.2 Å². The minimum absolute atomic E-state index is 0.142. The van der Waals surface area contributed by atoms with E-state index in [4.69, 9.17) is 0 Å². The zero-order valence-corrected chi connectivity index (χ0v) is 16.9. The topological polar surface area (TPSA) is 23.6 Å². The Balaban J connectivity index is 1.75. The van der Waals surface area contributed by atoms with Gasteiger partial charge in [-0.3, -0.25) is 9.69 Å². The Morgan fingerprint density at radius 2 is 1.52 bits per heavy atom. The molecule has 0 bridgehead atoms. The van der Waals surface area contributed by atoms with Crippen LogP contribution in [0.2, 0.25) is 0 Å². The van der Waals surface area contributed by atoms with Crippen LogP contribution in [0.3, 0.4) is 0 Å². The smallest absolute Gasteiger partial charge is 0.225 e. The van der Waals surface area contributed by atoms with Crippen LogP contribution in [0.25, 0.3) is 0 Å². The molecule has 3 nitrogen and oxygen atoms in total. The molecule has 1 aliphatic heterocycles. The first kappa shape index (κ1) is 19.6. The highest BCUT2D eigenvalue weighted by Crippen LogP contribution is 2.30. The van der Waals surface area contributed by atoms with Gasteiger partial charge >= 0.3 is 0 Å². The van der Waals surface area contributed by atoms with Crippen molar-refractivity contribution in [2.24, 2.45) is 5.92 Å². The van der Waals surface area contributed by atoms with E-state index in [1.54, 1.807) is 0 Å². The summed E-state index contributed by atoms with van der Waals surface area (Å²) < 4.78 is 0. The van der Waals surface area contributed by atoms with Gasteiger partial charge in [-0.05, 0) is 24.5 Å². The molecule has 1 aliphatic rings. The zero-order valence-electron chi connectivity index (χ0n) is 16.9. The molecule has 27 heavy (non-hydrogen) atoms. The molecule has 2 aromatic carbocycles. The van der Waals surface area contributed by atoms with E-state index in [2.05, 4.69) is 85.2 Å². The summed E-state index contributed by atoms with van der Waals surface area (Å²) in [7, 11) is 0. The fourth-order valence-electron chi connectivity index (χ4n) is 4.07. The molecule has 0 N–H and O–H groups in total. The number of aryl methyl sites for hydroxylation is 1. The number of hydrogen-bond donors (Lipinski definition) is 0. The van der Waals surface area contributed by atoms with Crippen molar-refractivity contribution in [2.45, 2.75) is 39.7 Å². The molecule has 0 aromatic heterocycles. The molecule has 1 saturated heterocycles. The molecule has 1 fully saturated rings. The van der Waals surface area contributed by atoms with Gasteiger partial charge < -0.3 is 4.90 Å². The fraction of sp³-hybridized carbons (Fsp3) is 0.458. The van der Waals surface area contributed by atoms with Gasteiger partial charge in [-0.1, -0.05) is 80.4 Å². The number of hydrogen-bond acceptors (Lipinski definition) is 2. The van der Waals surface area contributed by atoms with E-state index in [0.29, 0.717) is 5.91 Å². The van der Waals surface area contributed by atoms with Gasteiger partial charge in [0.2, 0.25) is 5.91 Å². The van der Waals surface area contributed by atoms with Crippen molar-refractivity contribution in [3.63, 3.8) is 0 Å². The summed E-state index contributed by atoms with van der Waals surface area (Å²) >= 11 is 0. The van der Waals surface area contributed by atoms with Crippen LogP contribution in [0.1, 0.15) is 49.4 Å². The number of benzene rings is 2. The molecule has 144 valence electrons. The zero-order chi connectivity index (χ0) is 19.2. The molecular weight excluding hydrogens is 332 g/mol. The van der Waals surface area contributed by atoms with E-state index in [0.717, 1.165) is 39.0 Å². The highest BCUT2D eigenvalue weighted by atomic mass is 16.2. The largest absolute Gasteiger partial charge is 0.340 e. The van der Waals surface area contributed by atoms with E-state index < -0.39 is 0 Å². The number of carbonyl (C=O) groups is 1. The van der Waals surface area contributed by atoms with Crippen LogP contribution >= 0.6 is 0 Å². The van der Waals surface area contributed by atoms with E-state index in [1.165, 1.54) is 16.7 Å². The number of carbonyl (C=O) groups excluding carboxylic acids is 1.